The number of hydrogen-bond acceptors (Lipinski definition) is 2. The van der Waals surface area contributed by atoms with E-state index in [-0.39, 0.29) is 11.4 Å². The number of alkyl halides is 1. The molecule has 114 valence electrons. The summed E-state index contributed by atoms with van der Waals surface area (Å²) in [6.45, 7) is 0. The van der Waals surface area contributed by atoms with Gasteiger partial charge in [-0.2, -0.15) is 0 Å². The number of amides is 1. The fraction of sp³-hybridized carbons (Fsp3) is 0.529. The molecule has 4 fully saturated rings. The number of aromatic nitrogens is 2. The molecule has 0 aliphatic heterocycles. The first kappa shape index (κ1) is 12.6. The lowest BCUT2D eigenvalue weighted by molar-refractivity contribution is -0.162. The average molecular weight is 299 g/mol. The van der Waals surface area contributed by atoms with Crippen LogP contribution in [0, 0.1) is 0 Å². The Morgan fingerprint density at radius 3 is 2.77 bits per heavy atom. The van der Waals surface area contributed by atoms with E-state index in [4.69, 9.17) is 0 Å². The number of pyridine rings is 1. The molecular formula is C17H18FN3O. The first-order chi connectivity index (χ1) is 10.5. The number of halogens is 1. The molecular weight excluding hydrogens is 281 g/mol. The molecule has 1 amide bonds. The molecule has 22 heavy (non-hydrogen) atoms. The third-order valence-electron chi connectivity index (χ3n) is 5.51. The maximum atomic E-state index is 13.6. The quantitative estimate of drug-likeness (QED) is 0.947. The number of hydrogen-bond donors (Lipinski definition) is 1. The Kier molecular flexibility index (Phi) is 2.12. The molecule has 0 spiro atoms. The number of carbonyl (C=O) groups is 1. The SMILES string of the molecule is Cn1c(C(=O)NC23CC(F)(C2)C3)cc2ccnc(C3CC3)c21. The van der Waals surface area contributed by atoms with Gasteiger partial charge in [-0.15, -0.1) is 0 Å². The molecule has 0 atom stereocenters. The molecule has 4 nitrogen and oxygen atoms in total. The molecule has 5 heteroatoms. The Morgan fingerprint density at radius 2 is 2.14 bits per heavy atom. The van der Waals surface area contributed by atoms with Crippen molar-refractivity contribution >= 4 is 16.8 Å². The van der Waals surface area contributed by atoms with Gasteiger partial charge < -0.3 is 9.88 Å². The Bertz CT molecular complexity index is 801. The molecule has 6 rings (SSSR count). The average Bonchev–Trinajstić information content (AvgIpc) is 3.20. The molecule has 0 unspecified atom stereocenters. The third-order valence-corrected chi connectivity index (χ3v) is 5.51. The van der Waals surface area contributed by atoms with Gasteiger partial charge in [-0.25, -0.2) is 4.39 Å². The highest BCUT2D eigenvalue weighted by Gasteiger charge is 2.69. The van der Waals surface area contributed by atoms with Crippen molar-refractivity contribution in [2.45, 2.75) is 49.2 Å². The standard InChI is InChI=1S/C17H18FN3O/c1-21-12(15(22)20-17-7-16(18,8-17)9-17)6-11-4-5-19-13(14(11)21)10-2-3-10/h4-6,10H,2-3,7-9H2,1H3,(H,20,22). The van der Waals surface area contributed by atoms with E-state index in [1.54, 1.807) is 0 Å². The van der Waals surface area contributed by atoms with Gasteiger partial charge in [0.2, 0.25) is 0 Å². The molecule has 4 aliphatic carbocycles. The van der Waals surface area contributed by atoms with Crippen LogP contribution in [0.1, 0.15) is 54.2 Å². The van der Waals surface area contributed by atoms with Gasteiger partial charge in [-0.05, 0) is 25.0 Å². The van der Waals surface area contributed by atoms with Gasteiger partial charge in [-0.1, -0.05) is 0 Å². The van der Waals surface area contributed by atoms with Crippen LogP contribution >= 0.6 is 0 Å². The lowest BCUT2D eigenvalue weighted by Gasteiger charge is -2.65. The van der Waals surface area contributed by atoms with Gasteiger partial charge in [0.05, 0.1) is 11.2 Å². The van der Waals surface area contributed by atoms with E-state index in [0.29, 0.717) is 30.9 Å². The van der Waals surface area contributed by atoms with Crippen LogP contribution in [-0.4, -0.2) is 26.7 Å². The van der Waals surface area contributed by atoms with Crippen LogP contribution in [-0.2, 0) is 7.05 Å². The molecule has 0 aromatic carbocycles. The van der Waals surface area contributed by atoms with Crippen molar-refractivity contribution in [2.24, 2.45) is 7.05 Å². The number of aryl methyl sites for hydroxylation is 1. The monoisotopic (exact) mass is 299 g/mol. The van der Waals surface area contributed by atoms with Crippen molar-refractivity contribution in [1.82, 2.24) is 14.9 Å². The largest absolute Gasteiger partial charge is 0.345 e. The van der Waals surface area contributed by atoms with Crippen molar-refractivity contribution in [3.05, 3.63) is 29.7 Å². The lowest BCUT2D eigenvalue weighted by atomic mass is 9.47. The zero-order valence-electron chi connectivity index (χ0n) is 12.5. The normalized spacial score (nSPS) is 32.5. The first-order valence-corrected chi connectivity index (χ1v) is 7.95. The fourth-order valence-corrected chi connectivity index (χ4v) is 4.31. The first-order valence-electron chi connectivity index (χ1n) is 7.95. The molecule has 2 heterocycles. The van der Waals surface area contributed by atoms with Crippen LogP contribution < -0.4 is 5.32 Å². The van der Waals surface area contributed by atoms with Crippen LogP contribution in [0.25, 0.3) is 10.9 Å². The topological polar surface area (TPSA) is 46.9 Å². The molecule has 2 bridgehead atoms. The molecule has 1 N–H and O–H groups in total. The summed E-state index contributed by atoms with van der Waals surface area (Å²) in [7, 11) is 1.92. The molecule has 2 aromatic rings. The Balaban J connectivity index is 1.50. The summed E-state index contributed by atoms with van der Waals surface area (Å²) in [5.41, 5.74) is 1.54. The maximum absolute atomic E-state index is 13.6. The zero-order valence-corrected chi connectivity index (χ0v) is 12.5. The van der Waals surface area contributed by atoms with Crippen LogP contribution in [0.3, 0.4) is 0 Å². The van der Waals surface area contributed by atoms with E-state index >= 15 is 0 Å². The Hall–Kier alpha value is -1.91. The highest BCUT2D eigenvalue weighted by atomic mass is 19.1. The van der Waals surface area contributed by atoms with Crippen LogP contribution in [0.2, 0.25) is 0 Å². The minimum Gasteiger partial charge on any atom is -0.345 e. The minimum atomic E-state index is -0.991. The van der Waals surface area contributed by atoms with E-state index in [0.717, 1.165) is 16.6 Å². The third kappa shape index (κ3) is 1.57. The van der Waals surface area contributed by atoms with Crippen LogP contribution in [0.15, 0.2) is 18.3 Å². The maximum Gasteiger partial charge on any atom is 0.268 e. The van der Waals surface area contributed by atoms with Crippen molar-refractivity contribution < 1.29 is 9.18 Å². The van der Waals surface area contributed by atoms with Gasteiger partial charge in [0, 0.05) is 49.4 Å². The van der Waals surface area contributed by atoms with Gasteiger partial charge in [0.15, 0.2) is 0 Å². The second kappa shape index (κ2) is 3.70. The predicted molar refractivity (Wildman–Crippen MR) is 80.6 cm³/mol. The smallest absolute Gasteiger partial charge is 0.268 e. The van der Waals surface area contributed by atoms with E-state index in [1.807, 2.05) is 29.9 Å². The van der Waals surface area contributed by atoms with Gasteiger partial charge >= 0.3 is 0 Å². The van der Waals surface area contributed by atoms with Gasteiger partial charge in [0.1, 0.15) is 11.4 Å². The minimum absolute atomic E-state index is 0.0952. The summed E-state index contributed by atoms with van der Waals surface area (Å²) in [4.78, 5) is 17.1. The van der Waals surface area contributed by atoms with E-state index in [9.17, 15) is 9.18 Å². The zero-order chi connectivity index (χ0) is 15.1. The molecule has 2 aromatic heterocycles. The second-order valence-electron chi connectivity index (χ2n) is 7.41. The van der Waals surface area contributed by atoms with Crippen molar-refractivity contribution in [3.8, 4) is 0 Å². The van der Waals surface area contributed by atoms with E-state index < -0.39 is 5.67 Å². The molecule has 4 saturated carbocycles. The Labute approximate surface area is 127 Å². The lowest BCUT2D eigenvalue weighted by Crippen LogP contribution is -2.76. The fourth-order valence-electron chi connectivity index (χ4n) is 4.31. The van der Waals surface area contributed by atoms with Crippen LogP contribution in [0.4, 0.5) is 4.39 Å². The number of fused-ring (bicyclic) bond motifs is 1. The van der Waals surface area contributed by atoms with E-state index in [1.165, 1.54) is 12.8 Å². The number of rotatable bonds is 3. The van der Waals surface area contributed by atoms with E-state index in [2.05, 4.69) is 10.3 Å². The Morgan fingerprint density at radius 1 is 1.41 bits per heavy atom. The van der Waals surface area contributed by atoms with Crippen molar-refractivity contribution in [3.63, 3.8) is 0 Å². The van der Waals surface area contributed by atoms with Gasteiger partial charge in [-0.3, -0.25) is 9.78 Å². The highest BCUT2D eigenvalue weighted by molar-refractivity contribution is 5.99. The molecule has 0 saturated heterocycles. The van der Waals surface area contributed by atoms with Crippen LogP contribution in [0.5, 0.6) is 0 Å². The van der Waals surface area contributed by atoms with Crippen molar-refractivity contribution in [2.75, 3.05) is 0 Å². The summed E-state index contributed by atoms with van der Waals surface area (Å²) in [5, 5.41) is 4.11. The summed E-state index contributed by atoms with van der Waals surface area (Å²) in [6, 6.07) is 3.88. The summed E-state index contributed by atoms with van der Waals surface area (Å²) < 4.78 is 15.5. The van der Waals surface area contributed by atoms with Gasteiger partial charge in [0.25, 0.3) is 5.91 Å². The highest BCUT2D eigenvalue weighted by Crippen LogP contribution is 2.63. The number of nitrogens with one attached hydrogen (secondary N) is 1. The molecule has 4 aliphatic rings. The number of nitrogens with zero attached hydrogens (tertiary/aromatic N) is 2. The predicted octanol–water partition coefficient (Wildman–Crippen LogP) is 2.83. The summed E-state index contributed by atoms with van der Waals surface area (Å²) in [5.74, 6) is 0.444. The second-order valence-corrected chi connectivity index (χ2v) is 7.41. The number of carbonyl (C=O) groups excluding carboxylic acids is 1. The molecule has 0 radical (unpaired) electrons. The summed E-state index contributed by atoms with van der Waals surface area (Å²) >= 11 is 0. The van der Waals surface area contributed by atoms with Crippen molar-refractivity contribution in [1.29, 1.82) is 0 Å². The summed E-state index contributed by atoms with van der Waals surface area (Å²) in [6.07, 6.45) is 5.62.